The first kappa shape index (κ1) is 25.9. The molecule has 1 aromatic rings. The first-order valence-corrected chi connectivity index (χ1v) is 12.8. The molecule has 0 atom stereocenters. The van der Waals surface area contributed by atoms with Crippen molar-refractivity contribution in [3.63, 3.8) is 0 Å². The van der Waals surface area contributed by atoms with E-state index in [9.17, 15) is 0 Å². The molecule has 0 spiro atoms. The Morgan fingerprint density at radius 3 is 2.25 bits per heavy atom. The highest BCUT2D eigenvalue weighted by atomic mass is 35.5. The molecule has 0 bridgehead atoms. The van der Waals surface area contributed by atoms with E-state index in [0.717, 1.165) is 19.5 Å². The molecule has 0 N–H and O–H groups in total. The standard InChI is InChI=1S/C21H36ClNO3S2/c1-6-18-13-19(16-22)15-20(14-18)23(17-21(2,3)28-27-5)7-8-25-11-12-26-10-9-24-4/h13-15H,6-12,16-17H2,1-5H3. The lowest BCUT2D eigenvalue weighted by Crippen LogP contribution is -2.38. The summed E-state index contributed by atoms with van der Waals surface area (Å²) in [6.45, 7) is 11.6. The van der Waals surface area contributed by atoms with Crippen LogP contribution in [0.15, 0.2) is 18.2 Å². The summed E-state index contributed by atoms with van der Waals surface area (Å²) < 4.78 is 16.4. The summed E-state index contributed by atoms with van der Waals surface area (Å²) in [5, 5.41) is 0. The topological polar surface area (TPSA) is 30.9 Å². The van der Waals surface area contributed by atoms with Gasteiger partial charge < -0.3 is 19.1 Å². The Bertz CT molecular complexity index is 524. The van der Waals surface area contributed by atoms with Gasteiger partial charge in [-0.2, -0.15) is 0 Å². The van der Waals surface area contributed by atoms with Gasteiger partial charge in [0.15, 0.2) is 0 Å². The van der Waals surface area contributed by atoms with Crippen LogP contribution in [0.1, 0.15) is 31.9 Å². The predicted molar refractivity (Wildman–Crippen MR) is 126 cm³/mol. The number of hydrogen-bond donors (Lipinski definition) is 0. The van der Waals surface area contributed by atoms with E-state index >= 15 is 0 Å². The fraction of sp³-hybridized carbons (Fsp3) is 0.714. The van der Waals surface area contributed by atoms with Gasteiger partial charge in [-0.15, -0.1) is 11.6 Å². The summed E-state index contributed by atoms with van der Waals surface area (Å²) in [5.41, 5.74) is 3.72. The molecule has 28 heavy (non-hydrogen) atoms. The van der Waals surface area contributed by atoms with E-state index in [4.69, 9.17) is 25.8 Å². The Morgan fingerprint density at radius 2 is 1.64 bits per heavy atom. The fourth-order valence-electron chi connectivity index (χ4n) is 2.86. The van der Waals surface area contributed by atoms with Gasteiger partial charge in [0.05, 0.1) is 33.0 Å². The molecular formula is C21H36ClNO3S2. The van der Waals surface area contributed by atoms with Crippen LogP contribution in [-0.2, 0) is 26.5 Å². The molecule has 0 fully saturated rings. The zero-order chi connectivity index (χ0) is 20.8. The SMILES string of the molecule is CCc1cc(CCl)cc(N(CCOCCOCCOC)CC(C)(C)SSC)c1. The van der Waals surface area contributed by atoms with E-state index in [2.05, 4.69) is 50.1 Å². The minimum absolute atomic E-state index is 0.131. The summed E-state index contributed by atoms with van der Waals surface area (Å²) >= 11 is 6.14. The van der Waals surface area contributed by atoms with Crippen molar-refractivity contribution in [2.24, 2.45) is 0 Å². The number of ether oxygens (including phenoxy) is 3. The second kappa shape index (κ2) is 14.8. The number of aryl methyl sites for hydroxylation is 1. The first-order valence-electron chi connectivity index (χ1n) is 9.75. The number of halogens is 1. The van der Waals surface area contributed by atoms with Crippen LogP contribution in [0, 0.1) is 0 Å². The van der Waals surface area contributed by atoms with Crippen molar-refractivity contribution in [1.82, 2.24) is 0 Å². The minimum atomic E-state index is 0.131. The van der Waals surface area contributed by atoms with Crippen molar-refractivity contribution in [2.45, 2.75) is 37.8 Å². The van der Waals surface area contributed by atoms with E-state index in [1.807, 2.05) is 21.6 Å². The molecule has 162 valence electrons. The van der Waals surface area contributed by atoms with Gasteiger partial charge in [0, 0.05) is 36.5 Å². The van der Waals surface area contributed by atoms with E-state index in [1.54, 1.807) is 7.11 Å². The van der Waals surface area contributed by atoms with Crippen LogP contribution >= 0.6 is 33.2 Å². The van der Waals surface area contributed by atoms with Gasteiger partial charge in [0.25, 0.3) is 0 Å². The van der Waals surface area contributed by atoms with Crippen LogP contribution in [0.4, 0.5) is 5.69 Å². The van der Waals surface area contributed by atoms with Crippen LogP contribution in [0.2, 0.25) is 0 Å². The quantitative estimate of drug-likeness (QED) is 0.194. The molecule has 0 aliphatic carbocycles. The van der Waals surface area contributed by atoms with Gasteiger partial charge in [0.1, 0.15) is 0 Å². The first-order chi connectivity index (χ1) is 13.5. The monoisotopic (exact) mass is 449 g/mol. The van der Waals surface area contributed by atoms with E-state index < -0.39 is 0 Å². The average Bonchev–Trinajstić information content (AvgIpc) is 2.68. The van der Waals surface area contributed by atoms with Crippen molar-refractivity contribution >= 4 is 38.9 Å². The summed E-state index contributed by atoms with van der Waals surface area (Å²) in [7, 11) is 5.40. The van der Waals surface area contributed by atoms with Crippen LogP contribution in [-0.4, -0.2) is 64.2 Å². The van der Waals surface area contributed by atoms with Crippen LogP contribution in [0.25, 0.3) is 0 Å². The number of anilines is 1. The summed E-state index contributed by atoms with van der Waals surface area (Å²) in [5.74, 6) is 0.535. The maximum atomic E-state index is 6.14. The van der Waals surface area contributed by atoms with Crippen molar-refractivity contribution in [3.8, 4) is 0 Å². The molecule has 4 nitrogen and oxygen atoms in total. The lowest BCUT2D eigenvalue weighted by Gasteiger charge is -2.33. The van der Waals surface area contributed by atoms with Crippen LogP contribution < -0.4 is 4.90 Å². The number of hydrogen-bond acceptors (Lipinski definition) is 6. The maximum Gasteiger partial charge on any atom is 0.0701 e. The Labute approximate surface area is 184 Å². The molecule has 1 aromatic carbocycles. The highest BCUT2D eigenvalue weighted by Crippen LogP contribution is 2.35. The van der Waals surface area contributed by atoms with E-state index in [1.165, 1.54) is 16.8 Å². The lowest BCUT2D eigenvalue weighted by atomic mass is 10.1. The molecule has 7 heteroatoms. The van der Waals surface area contributed by atoms with Gasteiger partial charge in [-0.25, -0.2) is 0 Å². The number of benzene rings is 1. The average molecular weight is 450 g/mol. The smallest absolute Gasteiger partial charge is 0.0701 e. The third kappa shape index (κ3) is 10.6. The Hall–Kier alpha value is -0.110. The summed E-state index contributed by atoms with van der Waals surface area (Å²) in [6, 6.07) is 6.69. The highest BCUT2D eigenvalue weighted by molar-refractivity contribution is 8.77. The Morgan fingerprint density at radius 1 is 1.00 bits per heavy atom. The van der Waals surface area contributed by atoms with Gasteiger partial charge in [-0.05, 0) is 49.8 Å². The van der Waals surface area contributed by atoms with E-state index in [0.29, 0.717) is 38.9 Å². The van der Waals surface area contributed by atoms with Crippen molar-refractivity contribution < 1.29 is 14.2 Å². The van der Waals surface area contributed by atoms with E-state index in [-0.39, 0.29) is 4.75 Å². The molecular weight excluding hydrogens is 414 g/mol. The van der Waals surface area contributed by atoms with Crippen LogP contribution in [0.3, 0.4) is 0 Å². The Balaban J connectivity index is 2.72. The molecule has 0 aliphatic rings. The van der Waals surface area contributed by atoms with Crippen molar-refractivity contribution in [1.29, 1.82) is 0 Å². The van der Waals surface area contributed by atoms with Gasteiger partial charge in [-0.1, -0.05) is 34.6 Å². The number of nitrogens with zero attached hydrogens (tertiary/aromatic N) is 1. The summed E-state index contributed by atoms with van der Waals surface area (Å²) in [6.07, 6.45) is 3.14. The molecule has 1 rings (SSSR count). The van der Waals surface area contributed by atoms with Gasteiger partial charge in [-0.3, -0.25) is 0 Å². The largest absolute Gasteiger partial charge is 0.382 e. The molecule has 0 saturated heterocycles. The molecule has 0 saturated carbocycles. The second-order valence-electron chi connectivity index (χ2n) is 7.14. The van der Waals surface area contributed by atoms with Crippen molar-refractivity contribution in [3.05, 3.63) is 29.3 Å². The molecule has 0 unspecified atom stereocenters. The highest BCUT2D eigenvalue weighted by Gasteiger charge is 2.23. The molecule has 0 amide bonds. The molecule has 0 radical (unpaired) electrons. The predicted octanol–water partition coefficient (Wildman–Crippen LogP) is 5.26. The zero-order valence-electron chi connectivity index (χ0n) is 18.0. The summed E-state index contributed by atoms with van der Waals surface area (Å²) in [4.78, 5) is 2.42. The fourth-order valence-corrected chi connectivity index (χ4v) is 5.18. The normalized spacial score (nSPS) is 11.8. The molecule has 0 aliphatic heterocycles. The third-order valence-electron chi connectivity index (χ3n) is 4.15. The van der Waals surface area contributed by atoms with Gasteiger partial charge in [0.2, 0.25) is 0 Å². The van der Waals surface area contributed by atoms with Gasteiger partial charge >= 0.3 is 0 Å². The Kier molecular flexibility index (Phi) is 13.7. The molecule has 0 aromatic heterocycles. The number of rotatable bonds is 16. The maximum absolute atomic E-state index is 6.14. The number of methoxy groups -OCH3 is 1. The second-order valence-corrected chi connectivity index (χ2v) is 10.5. The molecule has 0 heterocycles. The lowest BCUT2D eigenvalue weighted by molar-refractivity contribution is 0.0264. The minimum Gasteiger partial charge on any atom is -0.382 e. The number of alkyl halides is 1. The zero-order valence-corrected chi connectivity index (χ0v) is 20.4. The van der Waals surface area contributed by atoms with Crippen LogP contribution in [0.5, 0.6) is 0 Å². The third-order valence-corrected chi connectivity index (χ3v) is 7.06. The van der Waals surface area contributed by atoms with Crippen molar-refractivity contribution in [2.75, 3.05) is 64.4 Å².